The number of nitrogens with one attached hydrogen (secondary N) is 1. The molecule has 14 heavy (non-hydrogen) atoms. The van der Waals surface area contributed by atoms with E-state index >= 15 is 0 Å². The van der Waals surface area contributed by atoms with Gasteiger partial charge in [0.25, 0.3) is 0 Å². The molecule has 0 aromatic heterocycles. The summed E-state index contributed by atoms with van der Waals surface area (Å²) in [6.45, 7) is 4.46. The minimum atomic E-state index is 0.0684. The first-order valence-electron chi connectivity index (χ1n) is 5.10. The number of carbonyl (C=O) groups is 1. The summed E-state index contributed by atoms with van der Waals surface area (Å²) in [7, 11) is 0. The van der Waals surface area contributed by atoms with E-state index in [1.54, 1.807) is 0 Å². The summed E-state index contributed by atoms with van der Waals surface area (Å²) in [5.74, 6) is 2.51. The third-order valence-electron chi connectivity index (χ3n) is 2.23. The van der Waals surface area contributed by atoms with Crippen molar-refractivity contribution < 1.29 is 4.79 Å². The Morgan fingerprint density at radius 2 is 2.14 bits per heavy atom. The number of amides is 1. The van der Waals surface area contributed by atoms with Crippen molar-refractivity contribution in [2.45, 2.75) is 6.42 Å². The van der Waals surface area contributed by atoms with E-state index in [2.05, 4.69) is 10.2 Å². The molecule has 0 aliphatic carbocycles. The summed E-state index contributed by atoms with van der Waals surface area (Å²) in [6, 6.07) is 0. The van der Waals surface area contributed by atoms with Gasteiger partial charge in [0.15, 0.2) is 0 Å². The van der Waals surface area contributed by atoms with E-state index in [9.17, 15) is 4.79 Å². The van der Waals surface area contributed by atoms with Crippen molar-refractivity contribution in [1.82, 2.24) is 10.2 Å². The molecule has 82 valence electrons. The van der Waals surface area contributed by atoms with E-state index in [0.29, 0.717) is 13.0 Å². The molecule has 0 spiro atoms. The maximum absolute atomic E-state index is 11.1. The second-order valence-electron chi connectivity index (χ2n) is 3.34. The highest BCUT2D eigenvalue weighted by Gasteiger charge is 2.09. The van der Waals surface area contributed by atoms with Crippen LogP contribution in [0.25, 0.3) is 0 Å². The first-order chi connectivity index (χ1) is 6.83. The van der Waals surface area contributed by atoms with Crippen LogP contribution in [0.15, 0.2) is 0 Å². The number of rotatable bonds is 5. The molecule has 0 saturated carbocycles. The first-order valence-corrected chi connectivity index (χ1v) is 6.25. The molecule has 1 amide bonds. The van der Waals surface area contributed by atoms with Crippen molar-refractivity contribution in [3.8, 4) is 0 Å². The zero-order chi connectivity index (χ0) is 10.2. The van der Waals surface area contributed by atoms with Crippen molar-refractivity contribution >= 4 is 17.7 Å². The van der Waals surface area contributed by atoms with Gasteiger partial charge in [0.1, 0.15) is 0 Å². The lowest BCUT2D eigenvalue weighted by Crippen LogP contribution is -2.39. The third-order valence-corrected chi connectivity index (χ3v) is 3.17. The van der Waals surface area contributed by atoms with Crippen molar-refractivity contribution in [2.24, 2.45) is 5.73 Å². The average molecular weight is 217 g/mol. The van der Waals surface area contributed by atoms with Gasteiger partial charge in [0.2, 0.25) is 5.91 Å². The van der Waals surface area contributed by atoms with Crippen LogP contribution >= 0.6 is 11.8 Å². The molecule has 1 rings (SSSR count). The standard InChI is InChI=1S/C9H19N3OS/c10-2-1-9(13)11-3-4-12-5-7-14-8-6-12/h1-8,10H2,(H,11,13). The highest BCUT2D eigenvalue weighted by atomic mass is 32.2. The summed E-state index contributed by atoms with van der Waals surface area (Å²) in [5.41, 5.74) is 5.27. The summed E-state index contributed by atoms with van der Waals surface area (Å²) in [5, 5.41) is 2.86. The van der Waals surface area contributed by atoms with E-state index in [4.69, 9.17) is 5.73 Å². The summed E-state index contributed by atoms with van der Waals surface area (Å²) in [4.78, 5) is 13.5. The van der Waals surface area contributed by atoms with Gasteiger partial charge < -0.3 is 11.1 Å². The predicted octanol–water partition coefficient (Wildman–Crippen LogP) is -0.500. The third kappa shape index (κ3) is 4.83. The van der Waals surface area contributed by atoms with E-state index in [0.717, 1.165) is 26.2 Å². The fourth-order valence-electron chi connectivity index (χ4n) is 1.40. The normalized spacial score (nSPS) is 18.1. The Kier molecular flexibility index (Phi) is 5.98. The molecule has 0 aromatic rings. The van der Waals surface area contributed by atoms with Gasteiger partial charge in [-0.2, -0.15) is 11.8 Å². The van der Waals surface area contributed by atoms with E-state index < -0.39 is 0 Å². The van der Waals surface area contributed by atoms with Crippen LogP contribution in [-0.2, 0) is 4.79 Å². The number of thioether (sulfide) groups is 1. The van der Waals surface area contributed by atoms with Crippen LogP contribution in [0.1, 0.15) is 6.42 Å². The fraction of sp³-hybridized carbons (Fsp3) is 0.889. The molecule has 1 saturated heterocycles. The minimum Gasteiger partial charge on any atom is -0.355 e. The Morgan fingerprint density at radius 3 is 2.79 bits per heavy atom. The number of nitrogens with zero attached hydrogens (tertiary/aromatic N) is 1. The zero-order valence-electron chi connectivity index (χ0n) is 8.50. The van der Waals surface area contributed by atoms with Crippen LogP contribution < -0.4 is 11.1 Å². The molecule has 1 fully saturated rings. The second kappa shape index (κ2) is 7.09. The first kappa shape index (κ1) is 11.8. The summed E-state index contributed by atoms with van der Waals surface area (Å²) in [6.07, 6.45) is 0.440. The molecule has 4 nitrogen and oxygen atoms in total. The number of hydrogen-bond acceptors (Lipinski definition) is 4. The van der Waals surface area contributed by atoms with Crippen molar-refractivity contribution in [2.75, 3.05) is 44.2 Å². The van der Waals surface area contributed by atoms with Crippen LogP contribution in [0.2, 0.25) is 0 Å². The molecule has 3 N–H and O–H groups in total. The van der Waals surface area contributed by atoms with Gasteiger partial charge in [-0.25, -0.2) is 0 Å². The summed E-state index contributed by atoms with van der Waals surface area (Å²) >= 11 is 2.00. The maximum Gasteiger partial charge on any atom is 0.221 e. The Balaban J connectivity index is 1.99. The lowest BCUT2D eigenvalue weighted by molar-refractivity contribution is -0.120. The van der Waals surface area contributed by atoms with E-state index in [1.165, 1.54) is 11.5 Å². The minimum absolute atomic E-state index is 0.0684. The molecule has 0 atom stereocenters. The molecule has 1 aliphatic heterocycles. The van der Waals surface area contributed by atoms with Gasteiger partial charge in [0.05, 0.1) is 0 Å². The van der Waals surface area contributed by atoms with E-state index in [-0.39, 0.29) is 5.91 Å². The quantitative estimate of drug-likeness (QED) is 0.652. The highest BCUT2D eigenvalue weighted by molar-refractivity contribution is 7.99. The van der Waals surface area contributed by atoms with Gasteiger partial charge in [-0.15, -0.1) is 0 Å². The highest BCUT2D eigenvalue weighted by Crippen LogP contribution is 2.07. The lowest BCUT2D eigenvalue weighted by atomic mass is 10.4. The number of nitrogens with two attached hydrogens (primary N) is 1. The molecule has 1 aliphatic rings. The molecular formula is C9H19N3OS. The van der Waals surface area contributed by atoms with Gasteiger partial charge in [-0.1, -0.05) is 0 Å². The molecule has 1 heterocycles. The average Bonchev–Trinajstić information content (AvgIpc) is 2.20. The fourth-order valence-corrected chi connectivity index (χ4v) is 2.38. The lowest BCUT2D eigenvalue weighted by Gasteiger charge is -2.25. The van der Waals surface area contributed by atoms with Crippen LogP contribution in [-0.4, -0.2) is 55.0 Å². The van der Waals surface area contributed by atoms with Gasteiger partial charge in [-0.3, -0.25) is 9.69 Å². The van der Waals surface area contributed by atoms with Crippen LogP contribution in [0, 0.1) is 0 Å². The van der Waals surface area contributed by atoms with Crippen molar-refractivity contribution in [1.29, 1.82) is 0 Å². The van der Waals surface area contributed by atoms with Gasteiger partial charge in [0, 0.05) is 50.7 Å². The van der Waals surface area contributed by atoms with Crippen LogP contribution in [0.4, 0.5) is 0 Å². The van der Waals surface area contributed by atoms with Crippen molar-refractivity contribution in [3.63, 3.8) is 0 Å². The molecule has 0 aromatic carbocycles. The Labute approximate surface area is 89.6 Å². The molecule has 0 unspecified atom stereocenters. The summed E-state index contributed by atoms with van der Waals surface area (Å²) < 4.78 is 0. The Bertz CT molecular complexity index is 171. The molecule has 0 bridgehead atoms. The van der Waals surface area contributed by atoms with E-state index in [1.807, 2.05) is 11.8 Å². The molecule has 0 radical (unpaired) electrons. The van der Waals surface area contributed by atoms with Crippen molar-refractivity contribution in [3.05, 3.63) is 0 Å². The maximum atomic E-state index is 11.1. The largest absolute Gasteiger partial charge is 0.355 e. The molecular weight excluding hydrogens is 198 g/mol. The SMILES string of the molecule is NCCC(=O)NCCN1CCSCC1. The number of hydrogen-bond donors (Lipinski definition) is 2. The molecule has 5 heteroatoms. The predicted molar refractivity (Wildman–Crippen MR) is 60.4 cm³/mol. The van der Waals surface area contributed by atoms with Gasteiger partial charge in [-0.05, 0) is 0 Å². The zero-order valence-corrected chi connectivity index (χ0v) is 9.31. The topological polar surface area (TPSA) is 58.4 Å². The van der Waals surface area contributed by atoms with Crippen LogP contribution in [0.5, 0.6) is 0 Å². The monoisotopic (exact) mass is 217 g/mol. The van der Waals surface area contributed by atoms with Crippen LogP contribution in [0.3, 0.4) is 0 Å². The second-order valence-corrected chi connectivity index (χ2v) is 4.57. The Morgan fingerprint density at radius 1 is 1.43 bits per heavy atom. The smallest absolute Gasteiger partial charge is 0.221 e. The number of carbonyl (C=O) groups excluding carboxylic acids is 1. The Hall–Kier alpha value is -0.260. The van der Waals surface area contributed by atoms with Gasteiger partial charge >= 0.3 is 0 Å².